The predicted molar refractivity (Wildman–Crippen MR) is 114 cm³/mol. The number of benzene rings is 2. The minimum absolute atomic E-state index is 0.00356. The Hall–Kier alpha value is -3.55. The molecule has 0 unspecified atom stereocenters. The average molecular weight is 478 g/mol. The van der Waals surface area contributed by atoms with Crippen molar-refractivity contribution in [2.75, 3.05) is 13.7 Å². The molecular formula is C22H22O12. The van der Waals surface area contributed by atoms with Crippen LogP contribution in [0.25, 0.3) is 22.3 Å². The van der Waals surface area contributed by atoms with Crippen LogP contribution in [0, 0.1) is 0 Å². The summed E-state index contributed by atoms with van der Waals surface area (Å²) in [5.74, 6) is -1.92. The molecule has 0 aliphatic carbocycles. The molecule has 3 aromatic rings. The number of rotatable bonds is 5. The predicted octanol–water partition coefficient (Wildman–Crippen LogP) is -0.236. The summed E-state index contributed by atoms with van der Waals surface area (Å²) >= 11 is 0. The third-order valence-corrected chi connectivity index (χ3v) is 5.47. The monoisotopic (exact) mass is 478 g/mol. The summed E-state index contributed by atoms with van der Waals surface area (Å²) in [4.78, 5) is 12.6. The van der Waals surface area contributed by atoms with Gasteiger partial charge >= 0.3 is 0 Å². The highest BCUT2D eigenvalue weighted by Gasteiger charge is 2.44. The van der Waals surface area contributed by atoms with E-state index in [2.05, 4.69) is 0 Å². The Morgan fingerprint density at radius 3 is 2.35 bits per heavy atom. The van der Waals surface area contributed by atoms with Gasteiger partial charge in [-0.3, -0.25) is 4.79 Å². The normalized spacial score (nSPS) is 24.8. The molecule has 2 heterocycles. The lowest BCUT2D eigenvalue weighted by molar-refractivity contribution is -0.277. The van der Waals surface area contributed by atoms with Gasteiger partial charge in [0.25, 0.3) is 0 Å². The molecule has 1 aliphatic heterocycles. The Bertz CT molecular complexity index is 1270. The molecule has 12 nitrogen and oxygen atoms in total. The summed E-state index contributed by atoms with van der Waals surface area (Å²) in [5, 5.41) is 69.5. The van der Waals surface area contributed by atoms with Gasteiger partial charge < -0.3 is 54.4 Å². The van der Waals surface area contributed by atoms with E-state index < -0.39 is 60.0 Å². The van der Waals surface area contributed by atoms with Crippen LogP contribution in [0.3, 0.4) is 0 Å². The highest BCUT2D eigenvalue weighted by Crippen LogP contribution is 2.42. The first kappa shape index (κ1) is 23.6. The van der Waals surface area contributed by atoms with Crippen LogP contribution in [0.4, 0.5) is 0 Å². The van der Waals surface area contributed by atoms with Crippen LogP contribution in [0.2, 0.25) is 0 Å². The molecule has 1 saturated heterocycles. The van der Waals surface area contributed by atoms with Crippen molar-refractivity contribution in [2.24, 2.45) is 0 Å². The molecule has 1 aromatic heterocycles. The minimum atomic E-state index is -1.67. The largest absolute Gasteiger partial charge is 0.504 e. The molecule has 0 amide bonds. The Kier molecular flexibility index (Phi) is 6.25. The Morgan fingerprint density at radius 2 is 1.71 bits per heavy atom. The molecule has 34 heavy (non-hydrogen) atoms. The van der Waals surface area contributed by atoms with Gasteiger partial charge in [-0.05, 0) is 18.2 Å². The van der Waals surface area contributed by atoms with Crippen LogP contribution in [0.5, 0.6) is 28.7 Å². The molecule has 0 saturated carbocycles. The zero-order valence-electron chi connectivity index (χ0n) is 17.7. The van der Waals surface area contributed by atoms with Gasteiger partial charge in [-0.2, -0.15) is 0 Å². The van der Waals surface area contributed by atoms with Crippen molar-refractivity contribution in [2.45, 2.75) is 30.7 Å². The maximum Gasteiger partial charge on any atom is 0.229 e. The highest BCUT2D eigenvalue weighted by molar-refractivity contribution is 5.89. The third-order valence-electron chi connectivity index (χ3n) is 5.47. The molecule has 5 atom stereocenters. The molecule has 2 aromatic carbocycles. The molecule has 0 spiro atoms. The molecule has 4 rings (SSSR count). The van der Waals surface area contributed by atoms with Crippen LogP contribution in [0.15, 0.2) is 39.5 Å². The summed E-state index contributed by atoms with van der Waals surface area (Å²) < 4.78 is 21.2. The maximum absolute atomic E-state index is 12.6. The minimum Gasteiger partial charge on any atom is -0.504 e. The van der Waals surface area contributed by atoms with E-state index in [9.17, 15) is 40.5 Å². The Morgan fingerprint density at radius 1 is 0.971 bits per heavy atom. The van der Waals surface area contributed by atoms with Crippen molar-refractivity contribution >= 4 is 11.0 Å². The first-order chi connectivity index (χ1) is 16.2. The van der Waals surface area contributed by atoms with Crippen molar-refractivity contribution in [3.8, 4) is 40.1 Å². The number of phenols is 3. The average Bonchev–Trinajstić information content (AvgIpc) is 2.80. The van der Waals surface area contributed by atoms with Gasteiger partial charge in [0.2, 0.25) is 12.0 Å². The fraction of sp³-hybridized carbons (Fsp3) is 0.318. The lowest BCUT2D eigenvalue weighted by Gasteiger charge is -2.39. The molecule has 0 radical (unpaired) electrons. The lowest BCUT2D eigenvalue weighted by atomic mass is 9.99. The number of hydrogen-bond acceptors (Lipinski definition) is 12. The fourth-order valence-electron chi connectivity index (χ4n) is 3.67. The Labute approximate surface area is 191 Å². The number of fused-ring (bicyclic) bond motifs is 1. The van der Waals surface area contributed by atoms with Gasteiger partial charge in [-0.15, -0.1) is 0 Å². The van der Waals surface area contributed by atoms with Crippen LogP contribution in [-0.2, 0) is 4.74 Å². The standard InChI is InChI=1S/C22H22O12/c1-31-21-11(26)6-14-16(18(21)28)10(25)5-13(32-14)8-2-3-12(9(24)4-8)33-22-20(30)19(29)17(27)15(7-23)34-22/h2-6,15,17,19-20,22-24,26-30H,7H2,1H3/t15-,17-,19+,20-,22-/m1/s1. The van der Waals surface area contributed by atoms with E-state index in [1.54, 1.807) is 0 Å². The summed E-state index contributed by atoms with van der Waals surface area (Å²) in [5.41, 5.74) is -0.528. The third kappa shape index (κ3) is 3.97. The van der Waals surface area contributed by atoms with E-state index in [-0.39, 0.29) is 33.8 Å². The Balaban J connectivity index is 1.65. The summed E-state index contributed by atoms with van der Waals surface area (Å²) in [6.07, 6.45) is -7.59. The van der Waals surface area contributed by atoms with Gasteiger partial charge in [0.05, 0.1) is 13.7 Å². The topological polar surface area (TPSA) is 200 Å². The number of phenolic OH excluding ortho intramolecular Hbond substituents is 3. The number of hydrogen-bond donors (Lipinski definition) is 7. The van der Waals surface area contributed by atoms with E-state index in [4.69, 9.17) is 18.6 Å². The fourth-order valence-corrected chi connectivity index (χ4v) is 3.67. The smallest absolute Gasteiger partial charge is 0.229 e. The second-order valence-corrected chi connectivity index (χ2v) is 7.62. The first-order valence-electron chi connectivity index (χ1n) is 10.0. The summed E-state index contributed by atoms with van der Waals surface area (Å²) in [7, 11) is 1.22. The highest BCUT2D eigenvalue weighted by atomic mass is 16.7. The van der Waals surface area contributed by atoms with E-state index in [0.29, 0.717) is 0 Å². The van der Waals surface area contributed by atoms with Crippen LogP contribution in [0.1, 0.15) is 0 Å². The van der Waals surface area contributed by atoms with Gasteiger partial charge in [0.1, 0.15) is 41.1 Å². The molecule has 7 N–H and O–H groups in total. The number of aliphatic hydroxyl groups excluding tert-OH is 4. The second kappa shape index (κ2) is 9.00. The van der Waals surface area contributed by atoms with Crippen LogP contribution in [-0.4, -0.2) is 80.2 Å². The molecule has 182 valence electrons. The zero-order valence-corrected chi connectivity index (χ0v) is 17.7. The van der Waals surface area contributed by atoms with Crippen molar-refractivity contribution < 1.29 is 54.4 Å². The van der Waals surface area contributed by atoms with Gasteiger partial charge in [-0.1, -0.05) is 0 Å². The van der Waals surface area contributed by atoms with Crippen molar-refractivity contribution in [3.63, 3.8) is 0 Å². The quantitative estimate of drug-likeness (QED) is 0.254. The number of ether oxygens (including phenoxy) is 3. The summed E-state index contributed by atoms with van der Waals surface area (Å²) in [6.45, 7) is -0.645. The number of aliphatic hydroxyl groups is 4. The second-order valence-electron chi connectivity index (χ2n) is 7.62. The van der Waals surface area contributed by atoms with Gasteiger partial charge in [0.15, 0.2) is 28.4 Å². The van der Waals surface area contributed by atoms with E-state index >= 15 is 0 Å². The van der Waals surface area contributed by atoms with Gasteiger partial charge in [-0.25, -0.2) is 0 Å². The first-order valence-corrected chi connectivity index (χ1v) is 10.0. The van der Waals surface area contributed by atoms with Crippen molar-refractivity contribution in [3.05, 3.63) is 40.6 Å². The molecular weight excluding hydrogens is 456 g/mol. The molecule has 1 fully saturated rings. The number of methoxy groups -OCH3 is 1. The maximum atomic E-state index is 12.6. The molecule has 12 heteroatoms. The van der Waals surface area contributed by atoms with E-state index in [0.717, 1.165) is 12.1 Å². The van der Waals surface area contributed by atoms with Crippen molar-refractivity contribution in [1.82, 2.24) is 0 Å². The lowest BCUT2D eigenvalue weighted by Crippen LogP contribution is -2.60. The summed E-state index contributed by atoms with van der Waals surface area (Å²) in [6, 6.07) is 6.05. The van der Waals surface area contributed by atoms with Crippen molar-refractivity contribution in [1.29, 1.82) is 0 Å². The van der Waals surface area contributed by atoms with Crippen LogP contribution >= 0.6 is 0 Å². The van der Waals surface area contributed by atoms with Crippen LogP contribution < -0.4 is 14.9 Å². The zero-order chi connectivity index (χ0) is 24.7. The number of aromatic hydroxyl groups is 3. The van der Waals surface area contributed by atoms with E-state index in [1.165, 1.54) is 25.3 Å². The van der Waals surface area contributed by atoms with Gasteiger partial charge in [0, 0.05) is 17.7 Å². The molecule has 0 bridgehead atoms. The van der Waals surface area contributed by atoms with E-state index in [1.807, 2.05) is 0 Å². The molecule has 1 aliphatic rings. The SMILES string of the molecule is COc1c(O)cc2oc(-c3ccc(O[C@@H]4O[C@H](CO)[C@@H](O)[C@H](O)[C@H]4O)c(O)c3)cc(=O)c2c1O.